The molecule has 3 aromatic carbocycles. The van der Waals surface area contributed by atoms with Crippen LogP contribution in [0.4, 0.5) is 10.1 Å². The Kier molecular flexibility index (Phi) is 7.18. The van der Waals surface area contributed by atoms with Crippen molar-refractivity contribution in [2.75, 3.05) is 19.5 Å². The molecule has 2 aliphatic rings. The van der Waals surface area contributed by atoms with Crippen molar-refractivity contribution in [1.29, 1.82) is 0 Å². The van der Waals surface area contributed by atoms with Gasteiger partial charge in [-0.15, -0.1) is 0 Å². The molecule has 1 aliphatic heterocycles. The Morgan fingerprint density at radius 3 is 2.24 bits per heavy atom. The number of amides is 2. The predicted octanol–water partition coefficient (Wildman–Crippen LogP) is 5.94. The van der Waals surface area contributed by atoms with Crippen LogP contribution in [0.1, 0.15) is 43.2 Å². The van der Waals surface area contributed by atoms with Crippen molar-refractivity contribution in [2.24, 2.45) is 0 Å². The van der Waals surface area contributed by atoms with Crippen LogP contribution in [0.25, 0.3) is 6.08 Å². The normalized spacial score (nSPS) is 21.1. The third-order valence-corrected chi connectivity index (χ3v) is 7.44. The number of ether oxygens (including phenoxy) is 2. The molecule has 0 aromatic heterocycles. The fourth-order valence-corrected chi connectivity index (χ4v) is 5.54. The highest BCUT2D eigenvalue weighted by atomic mass is 19.1. The lowest BCUT2D eigenvalue weighted by Gasteiger charge is -2.33. The minimum Gasteiger partial charge on any atom is -0.493 e. The first-order valence-electron chi connectivity index (χ1n) is 12.9. The third kappa shape index (κ3) is 4.53. The van der Waals surface area contributed by atoms with Gasteiger partial charge in [0, 0.05) is 17.8 Å². The van der Waals surface area contributed by atoms with Gasteiger partial charge in [-0.2, -0.15) is 0 Å². The fraction of sp³-hybridized carbons (Fsp3) is 0.290. The van der Waals surface area contributed by atoms with E-state index in [0.717, 1.165) is 37.7 Å². The molecule has 6 nitrogen and oxygen atoms in total. The standard InChI is InChI=1S/C31H31FN2O4/c1-37-27-18-17-24(20-28(27)38-2)33-31(22-13-15-23(32)16-14-22)26(19-21-9-5-3-6-10-21)29(35)34(30(31)36)25-11-7-4-8-12-25/h3,5-6,9-10,13-20,25,33H,4,7-8,11-12H2,1-2H3. The second-order valence-electron chi connectivity index (χ2n) is 9.69. The smallest absolute Gasteiger partial charge is 0.264 e. The molecule has 196 valence electrons. The number of carbonyl (C=O) groups excluding carboxylic acids is 2. The van der Waals surface area contributed by atoms with E-state index < -0.39 is 11.4 Å². The van der Waals surface area contributed by atoms with Gasteiger partial charge in [-0.25, -0.2) is 4.39 Å². The molecule has 1 saturated carbocycles. The topological polar surface area (TPSA) is 67.9 Å². The minimum atomic E-state index is -1.57. The van der Waals surface area contributed by atoms with Crippen LogP contribution in [0.5, 0.6) is 11.5 Å². The van der Waals surface area contributed by atoms with Crippen molar-refractivity contribution >= 4 is 23.6 Å². The third-order valence-electron chi connectivity index (χ3n) is 7.44. The Labute approximate surface area is 222 Å². The molecule has 0 spiro atoms. The Morgan fingerprint density at radius 1 is 0.895 bits per heavy atom. The number of hydrogen-bond acceptors (Lipinski definition) is 5. The van der Waals surface area contributed by atoms with E-state index in [2.05, 4.69) is 5.32 Å². The van der Waals surface area contributed by atoms with Gasteiger partial charge in [0.25, 0.3) is 11.8 Å². The highest BCUT2D eigenvalue weighted by Gasteiger charge is 2.58. The number of anilines is 1. The highest BCUT2D eigenvalue weighted by molar-refractivity contribution is 6.23. The zero-order chi connectivity index (χ0) is 26.7. The Balaban J connectivity index is 1.73. The lowest BCUT2D eigenvalue weighted by Crippen LogP contribution is -2.48. The molecule has 38 heavy (non-hydrogen) atoms. The summed E-state index contributed by atoms with van der Waals surface area (Å²) in [7, 11) is 3.08. The van der Waals surface area contributed by atoms with Crippen molar-refractivity contribution < 1.29 is 23.5 Å². The van der Waals surface area contributed by atoms with Crippen LogP contribution in [0.15, 0.2) is 78.4 Å². The van der Waals surface area contributed by atoms with E-state index in [1.165, 1.54) is 24.1 Å². The zero-order valence-electron chi connectivity index (χ0n) is 21.6. The molecular weight excluding hydrogens is 483 g/mol. The number of likely N-dealkylation sites (tertiary alicyclic amines) is 1. The molecule has 1 atom stereocenters. The average Bonchev–Trinajstić information content (AvgIpc) is 3.15. The Hall–Kier alpha value is -4.13. The van der Waals surface area contributed by atoms with Crippen molar-refractivity contribution in [3.8, 4) is 11.5 Å². The molecular formula is C31H31FN2O4. The lowest BCUT2D eigenvalue weighted by molar-refractivity contribution is -0.142. The fourth-order valence-electron chi connectivity index (χ4n) is 5.54. The summed E-state index contributed by atoms with van der Waals surface area (Å²) in [6, 6.07) is 20.3. The van der Waals surface area contributed by atoms with Gasteiger partial charge in [-0.1, -0.05) is 61.7 Å². The predicted molar refractivity (Wildman–Crippen MR) is 144 cm³/mol. The molecule has 0 bridgehead atoms. The van der Waals surface area contributed by atoms with Gasteiger partial charge in [0.1, 0.15) is 5.82 Å². The average molecular weight is 515 g/mol. The number of rotatable bonds is 7. The SMILES string of the molecule is COc1ccc(NC2(c3ccc(F)cc3)C(=O)N(C3CCCCC3)C(=O)C2=Cc2ccccc2)cc1OC. The molecule has 1 saturated heterocycles. The highest BCUT2D eigenvalue weighted by Crippen LogP contribution is 2.46. The van der Waals surface area contributed by atoms with Gasteiger partial charge >= 0.3 is 0 Å². The van der Waals surface area contributed by atoms with Crippen LogP contribution in [-0.2, 0) is 15.1 Å². The van der Waals surface area contributed by atoms with Gasteiger partial charge in [-0.3, -0.25) is 14.5 Å². The first kappa shape index (κ1) is 25.5. The number of nitrogens with one attached hydrogen (secondary N) is 1. The van der Waals surface area contributed by atoms with Gasteiger partial charge in [-0.05, 0) is 54.3 Å². The van der Waals surface area contributed by atoms with Crippen molar-refractivity contribution in [3.63, 3.8) is 0 Å². The number of hydrogen-bond donors (Lipinski definition) is 1. The molecule has 1 N–H and O–H groups in total. The summed E-state index contributed by atoms with van der Waals surface area (Å²) in [4.78, 5) is 30.2. The van der Waals surface area contributed by atoms with E-state index in [1.807, 2.05) is 30.3 Å². The maximum atomic E-state index is 14.6. The van der Waals surface area contributed by atoms with Crippen molar-refractivity contribution in [1.82, 2.24) is 4.90 Å². The second-order valence-corrected chi connectivity index (χ2v) is 9.69. The number of methoxy groups -OCH3 is 2. The van der Waals surface area contributed by atoms with Crippen LogP contribution in [0, 0.1) is 5.82 Å². The molecule has 3 aromatic rings. The van der Waals surface area contributed by atoms with E-state index in [4.69, 9.17) is 9.47 Å². The number of carbonyl (C=O) groups is 2. The number of halogens is 1. The van der Waals surface area contributed by atoms with E-state index in [-0.39, 0.29) is 17.9 Å². The van der Waals surface area contributed by atoms with Crippen LogP contribution >= 0.6 is 0 Å². The minimum absolute atomic E-state index is 0.183. The molecule has 5 rings (SSSR count). The molecule has 1 heterocycles. The maximum absolute atomic E-state index is 14.6. The van der Waals surface area contributed by atoms with Crippen molar-refractivity contribution in [2.45, 2.75) is 43.7 Å². The summed E-state index contributed by atoms with van der Waals surface area (Å²) >= 11 is 0. The molecule has 2 fully saturated rings. The summed E-state index contributed by atoms with van der Waals surface area (Å²) in [5.41, 5.74) is 0.540. The summed E-state index contributed by atoms with van der Waals surface area (Å²) in [6.45, 7) is 0. The van der Waals surface area contributed by atoms with Gasteiger partial charge in [0.05, 0.1) is 19.8 Å². The Bertz CT molecular complexity index is 1350. The molecule has 2 amide bonds. The molecule has 7 heteroatoms. The van der Waals surface area contributed by atoms with Crippen molar-refractivity contribution in [3.05, 3.63) is 95.3 Å². The van der Waals surface area contributed by atoms with E-state index in [0.29, 0.717) is 28.3 Å². The van der Waals surface area contributed by atoms with Gasteiger partial charge in [0.2, 0.25) is 0 Å². The number of benzene rings is 3. The molecule has 0 radical (unpaired) electrons. The second kappa shape index (κ2) is 10.7. The largest absolute Gasteiger partial charge is 0.493 e. The van der Waals surface area contributed by atoms with Gasteiger partial charge in [0.15, 0.2) is 17.0 Å². The monoisotopic (exact) mass is 514 g/mol. The quantitative estimate of drug-likeness (QED) is 0.312. The number of nitrogens with zero attached hydrogens (tertiary/aromatic N) is 1. The van der Waals surface area contributed by atoms with Crippen LogP contribution < -0.4 is 14.8 Å². The maximum Gasteiger partial charge on any atom is 0.264 e. The number of imide groups is 1. The summed E-state index contributed by atoms with van der Waals surface area (Å²) in [5.74, 6) is -0.113. The molecule has 1 unspecified atom stereocenters. The first-order valence-corrected chi connectivity index (χ1v) is 12.9. The zero-order valence-corrected chi connectivity index (χ0v) is 21.6. The van der Waals surface area contributed by atoms with E-state index in [9.17, 15) is 14.0 Å². The molecule has 1 aliphatic carbocycles. The summed E-state index contributed by atoms with van der Waals surface area (Å²) < 4.78 is 24.9. The summed E-state index contributed by atoms with van der Waals surface area (Å²) in [6.07, 6.45) is 6.32. The van der Waals surface area contributed by atoms with Gasteiger partial charge < -0.3 is 14.8 Å². The summed E-state index contributed by atoms with van der Waals surface area (Å²) in [5, 5.41) is 3.40. The lowest BCUT2D eigenvalue weighted by atomic mass is 9.82. The van der Waals surface area contributed by atoms with Crippen LogP contribution in [0.3, 0.4) is 0 Å². The van der Waals surface area contributed by atoms with E-state index >= 15 is 0 Å². The van der Waals surface area contributed by atoms with Crippen LogP contribution in [0.2, 0.25) is 0 Å². The Morgan fingerprint density at radius 2 is 1.58 bits per heavy atom. The first-order chi connectivity index (χ1) is 18.5. The van der Waals surface area contributed by atoms with Crippen LogP contribution in [-0.4, -0.2) is 37.0 Å². The van der Waals surface area contributed by atoms with E-state index in [1.54, 1.807) is 43.5 Å².